The van der Waals surface area contributed by atoms with Gasteiger partial charge in [-0.15, -0.1) is 0 Å². The first-order chi connectivity index (χ1) is 16.7. The molecule has 0 spiro atoms. The molecule has 1 aliphatic rings. The lowest BCUT2D eigenvalue weighted by Gasteiger charge is -2.35. The van der Waals surface area contributed by atoms with Crippen molar-refractivity contribution >= 4 is 17.5 Å². The standard InChI is InChI=1S/C28H27N5O/c34-28(25-13-11-24(12-14-25)23-9-5-2-6-10-23)31-26-19-27(30-21-29-26)33-17-15-32(16-18-33)20-22-7-3-1-4-8-22/h1-14,19,21H,15-18,20H2,(H,29,30,31,34). The largest absolute Gasteiger partial charge is 0.354 e. The van der Waals surface area contributed by atoms with Crippen LogP contribution in [0.1, 0.15) is 15.9 Å². The van der Waals surface area contributed by atoms with Crippen molar-refractivity contribution in [1.82, 2.24) is 14.9 Å². The van der Waals surface area contributed by atoms with Crippen LogP contribution in [0.3, 0.4) is 0 Å². The van der Waals surface area contributed by atoms with Crippen molar-refractivity contribution in [2.75, 3.05) is 36.4 Å². The van der Waals surface area contributed by atoms with Crippen LogP contribution in [0.2, 0.25) is 0 Å². The highest BCUT2D eigenvalue weighted by Crippen LogP contribution is 2.21. The van der Waals surface area contributed by atoms with Gasteiger partial charge in [-0.1, -0.05) is 72.8 Å². The molecule has 1 aromatic heterocycles. The molecule has 1 aliphatic heterocycles. The van der Waals surface area contributed by atoms with Crippen molar-refractivity contribution in [2.24, 2.45) is 0 Å². The maximum Gasteiger partial charge on any atom is 0.256 e. The van der Waals surface area contributed by atoms with Crippen molar-refractivity contribution in [3.05, 3.63) is 108 Å². The van der Waals surface area contributed by atoms with E-state index in [-0.39, 0.29) is 5.91 Å². The van der Waals surface area contributed by atoms with Crippen molar-refractivity contribution in [3.63, 3.8) is 0 Å². The number of aromatic nitrogens is 2. The molecule has 1 saturated heterocycles. The van der Waals surface area contributed by atoms with Gasteiger partial charge in [-0.3, -0.25) is 9.69 Å². The van der Waals surface area contributed by atoms with Gasteiger partial charge in [0.2, 0.25) is 0 Å². The lowest BCUT2D eigenvalue weighted by atomic mass is 10.0. The fourth-order valence-corrected chi connectivity index (χ4v) is 4.20. The Bertz CT molecular complexity index is 1220. The van der Waals surface area contributed by atoms with E-state index in [2.05, 4.69) is 61.5 Å². The molecule has 3 aromatic carbocycles. The number of carbonyl (C=O) groups is 1. The zero-order chi connectivity index (χ0) is 23.2. The van der Waals surface area contributed by atoms with Gasteiger partial charge in [0.25, 0.3) is 5.91 Å². The number of anilines is 2. The van der Waals surface area contributed by atoms with Crippen LogP contribution in [-0.4, -0.2) is 47.0 Å². The molecule has 0 atom stereocenters. The highest BCUT2D eigenvalue weighted by molar-refractivity contribution is 6.04. The highest BCUT2D eigenvalue weighted by Gasteiger charge is 2.19. The Hall–Kier alpha value is -4.03. The van der Waals surface area contributed by atoms with Crippen molar-refractivity contribution in [3.8, 4) is 11.1 Å². The molecule has 1 amide bonds. The molecule has 0 unspecified atom stereocenters. The predicted octanol–water partition coefficient (Wildman–Crippen LogP) is 4.72. The normalized spacial score (nSPS) is 14.1. The van der Waals surface area contributed by atoms with E-state index in [1.807, 2.05) is 54.6 Å². The molecule has 170 valence electrons. The van der Waals surface area contributed by atoms with E-state index in [0.29, 0.717) is 11.4 Å². The summed E-state index contributed by atoms with van der Waals surface area (Å²) in [5.41, 5.74) is 4.13. The molecule has 0 radical (unpaired) electrons. The maximum absolute atomic E-state index is 12.8. The fourth-order valence-electron chi connectivity index (χ4n) is 4.20. The van der Waals surface area contributed by atoms with Gasteiger partial charge >= 0.3 is 0 Å². The lowest BCUT2D eigenvalue weighted by Crippen LogP contribution is -2.46. The first-order valence-electron chi connectivity index (χ1n) is 11.5. The third-order valence-electron chi connectivity index (χ3n) is 6.09. The number of carbonyl (C=O) groups excluding carboxylic acids is 1. The molecular weight excluding hydrogens is 422 g/mol. The summed E-state index contributed by atoms with van der Waals surface area (Å²) in [4.78, 5) is 26.2. The van der Waals surface area contributed by atoms with Crippen LogP contribution in [0.4, 0.5) is 11.6 Å². The Kier molecular flexibility index (Phi) is 6.59. The smallest absolute Gasteiger partial charge is 0.256 e. The van der Waals surface area contributed by atoms with Crippen molar-refractivity contribution < 1.29 is 4.79 Å². The second-order valence-corrected chi connectivity index (χ2v) is 8.41. The van der Waals surface area contributed by atoms with Crippen molar-refractivity contribution in [2.45, 2.75) is 6.54 Å². The molecule has 6 heteroatoms. The summed E-state index contributed by atoms with van der Waals surface area (Å²) in [7, 11) is 0. The number of hydrogen-bond donors (Lipinski definition) is 1. The van der Waals surface area contributed by atoms with Gasteiger partial charge in [0.1, 0.15) is 18.0 Å². The van der Waals surface area contributed by atoms with Gasteiger partial charge in [-0.2, -0.15) is 0 Å². The van der Waals surface area contributed by atoms with Crippen LogP contribution < -0.4 is 10.2 Å². The zero-order valence-corrected chi connectivity index (χ0v) is 19.0. The SMILES string of the molecule is O=C(Nc1cc(N2CCN(Cc3ccccc3)CC2)ncn1)c1ccc(-c2ccccc2)cc1. The molecule has 4 aromatic rings. The van der Waals surface area contributed by atoms with Crippen LogP contribution in [0.15, 0.2) is 97.3 Å². The van der Waals surface area contributed by atoms with Gasteiger partial charge in [0, 0.05) is 44.4 Å². The Balaban J connectivity index is 1.19. The zero-order valence-electron chi connectivity index (χ0n) is 19.0. The first-order valence-corrected chi connectivity index (χ1v) is 11.5. The van der Waals surface area contributed by atoms with Gasteiger partial charge in [0.15, 0.2) is 0 Å². The number of rotatable bonds is 6. The van der Waals surface area contributed by atoms with Crippen LogP contribution in [0.5, 0.6) is 0 Å². The molecule has 0 bridgehead atoms. The summed E-state index contributed by atoms with van der Waals surface area (Å²) in [6.07, 6.45) is 1.51. The highest BCUT2D eigenvalue weighted by atomic mass is 16.1. The van der Waals surface area contributed by atoms with Gasteiger partial charge in [-0.05, 0) is 28.8 Å². The number of benzene rings is 3. The second kappa shape index (κ2) is 10.3. The fraction of sp³-hybridized carbons (Fsp3) is 0.179. The topological polar surface area (TPSA) is 61.4 Å². The van der Waals surface area contributed by atoms with E-state index in [4.69, 9.17) is 0 Å². The van der Waals surface area contributed by atoms with E-state index >= 15 is 0 Å². The average Bonchev–Trinajstić information content (AvgIpc) is 2.90. The van der Waals surface area contributed by atoms with Crippen LogP contribution >= 0.6 is 0 Å². The number of nitrogens with one attached hydrogen (secondary N) is 1. The lowest BCUT2D eigenvalue weighted by molar-refractivity contribution is 0.102. The molecule has 6 nitrogen and oxygen atoms in total. The minimum atomic E-state index is -0.183. The summed E-state index contributed by atoms with van der Waals surface area (Å²) in [6, 6.07) is 30.1. The van der Waals surface area contributed by atoms with Crippen LogP contribution in [0.25, 0.3) is 11.1 Å². The van der Waals surface area contributed by atoms with Crippen molar-refractivity contribution in [1.29, 1.82) is 0 Å². The van der Waals surface area contributed by atoms with Crippen LogP contribution in [0, 0.1) is 0 Å². The first kappa shape index (κ1) is 21.8. The second-order valence-electron chi connectivity index (χ2n) is 8.41. The molecule has 5 rings (SSSR count). The van der Waals surface area contributed by atoms with E-state index < -0.39 is 0 Å². The van der Waals surface area contributed by atoms with Gasteiger partial charge in [-0.25, -0.2) is 9.97 Å². The molecule has 0 saturated carbocycles. The number of hydrogen-bond acceptors (Lipinski definition) is 5. The number of amides is 1. The molecule has 34 heavy (non-hydrogen) atoms. The minimum absolute atomic E-state index is 0.183. The molecule has 1 N–H and O–H groups in total. The van der Waals surface area contributed by atoms with Gasteiger partial charge in [0.05, 0.1) is 0 Å². The quantitative estimate of drug-likeness (QED) is 0.462. The molecule has 1 fully saturated rings. The summed E-state index contributed by atoms with van der Waals surface area (Å²) in [5.74, 6) is 1.16. The number of piperazine rings is 1. The summed E-state index contributed by atoms with van der Waals surface area (Å²) >= 11 is 0. The predicted molar refractivity (Wildman–Crippen MR) is 136 cm³/mol. The molecular formula is C28H27N5O. The summed E-state index contributed by atoms with van der Waals surface area (Å²) in [5, 5.41) is 2.91. The molecule has 0 aliphatic carbocycles. The third kappa shape index (κ3) is 5.30. The van der Waals surface area contributed by atoms with Crippen LogP contribution in [-0.2, 0) is 6.54 Å². The number of nitrogens with zero attached hydrogens (tertiary/aromatic N) is 4. The maximum atomic E-state index is 12.8. The monoisotopic (exact) mass is 449 g/mol. The van der Waals surface area contributed by atoms with E-state index in [1.165, 1.54) is 11.9 Å². The molecule has 2 heterocycles. The minimum Gasteiger partial charge on any atom is -0.354 e. The Morgan fingerprint density at radius 3 is 2.12 bits per heavy atom. The third-order valence-corrected chi connectivity index (χ3v) is 6.09. The van der Waals surface area contributed by atoms with Gasteiger partial charge < -0.3 is 10.2 Å². The summed E-state index contributed by atoms with van der Waals surface area (Å²) in [6.45, 7) is 4.67. The Morgan fingerprint density at radius 2 is 1.41 bits per heavy atom. The van der Waals surface area contributed by atoms with E-state index in [0.717, 1.165) is 49.7 Å². The van der Waals surface area contributed by atoms with E-state index in [9.17, 15) is 4.79 Å². The Labute approximate surface area is 199 Å². The Morgan fingerprint density at radius 1 is 0.765 bits per heavy atom. The van der Waals surface area contributed by atoms with E-state index in [1.54, 1.807) is 0 Å². The average molecular weight is 450 g/mol. The summed E-state index contributed by atoms with van der Waals surface area (Å²) < 4.78 is 0.